The highest BCUT2D eigenvalue weighted by molar-refractivity contribution is 5.76. The van der Waals surface area contributed by atoms with E-state index in [9.17, 15) is 4.79 Å². The summed E-state index contributed by atoms with van der Waals surface area (Å²) >= 11 is 0. The Balaban J connectivity index is 2.11. The number of amides is 1. The van der Waals surface area contributed by atoms with Crippen LogP contribution >= 0.6 is 0 Å². The monoisotopic (exact) mass is 335 g/mol. The summed E-state index contributed by atoms with van der Waals surface area (Å²) in [7, 11) is 4.17. The van der Waals surface area contributed by atoms with Crippen molar-refractivity contribution in [1.29, 1.82) is 0 Å². The van der Waals surface area contributed by atoms with Crippen molar-refractivity contribution in [3.63, 3.8) is 0 Å². The van der Waals surface area contributed by atoms with E-state index in [0.717, 1.165) is 49.7 Å². The van der Waals surface area contributed by atoms with E-state index in [1.165, 1.54) is 0 Å². The van der Waals surface area contributed by atoms with Gasteiger partial charge in [-0.15, -0.1) is 0 Å². The molecule has 24 heavy (non-hydrogen) atoms. The Morgan fingerprint density at radius 3 is 2.54 bits per heavy atom. The van der Waals surface area contributed by atoms with Crippen LogP contribution in [0.5, 0.6) is 0 Å². The van der Waals surface area contributed by atoms with Crippen LogP contribution in [0, 0.1) is 12.3 Å². The third-order valence-electron chi connectivity index (χ3n) is 4.49. The summed E-state index contributed by atoms with van der Waals surface area (Å²) in [6, 6.07) is 0. The molecule has 1 N–H and O–H groups in total. The maximum Gasteiger partial charge on any atom is 0.220 e. The van der Waals surface area contributed by atoms with E-state index in [4.69, 9.17) is 0 Å². The van der Waals surface area contributed by atoms with Crippen LogP contribution in [0.1, 0.15) is 44.9 Å². The van der Waals surface area contributed by atoms with Crippen molar-refractivity contribution in [1.82, 2.24) is 20.0 Å². The van der Waals surface area contributed by atoms with Crippen LogP contribution in [0.15, 0.2) is 0 Å². The first-order valence-corrected chi connectivity index (χ1v) is 8.90. The molecule has 1 aromatic rings. The highest BCUT2D eigenvalue weighted by atomic mass is 16.1. The second kappa shape index (κ2) is 7.55. The molecule has 1 amide bonds. The third-order valence-corrected chi connectivity index (χ3v) is 4.49. The molecule has 0 aliphatic carbocycles. The molecule has 2 heterocycles. The van der Waals surface area contributed by atoms with Crippen molar-refractivity contribution in [2.75, 3.05) is 38.1 Å². The molecule has 1 aliphatic heterocycles. The number of carbonyl (C=O) groups excluding carboxylic acids is 1. The van der Waals surface area contributed by atoms with Gasteiger partial charge in [0.1, 0.15) is 5.82 Å². The Morgan fingerprint density at radius 1 is 1.17 bits per heavy atom. The minimum Gasteiger partial charge on any atom is -0.355 e. The number of aromatic nitrogens is 2. The molecule has 1 aromatic heterocycles. The quantitative estimate of drug-likeness (QED) is 0.913. The van der Waals surface area contributed by atoms with Crippen LogP contribution in [0.3, 0.4) is 0 Å². The molecular weight excluding hydrogens is 302 g/mol. The number of hydrogen-bond donors (Lipinski definition) is 1. The van der Waals surface area contributed by atoms with E-state index in [2.05, 4.69) is 48.0 Å². The number of aryl methyl sites for hydroxylation is 2. The van der Waals surface area contributed by atoms with E-state index in [1.807, 2.05) is 18.7 Å². The maximum atomic E-state index is 12.2. The highest BCUT2D eigenvalue weighted by Gasteiger charge is 2.22. The number of carbonyl (C=O) groups is 1. The standard InChI is InChI=1S/C18H33N5O/c1-14-15(13-19-16(24)12-18(2,3)4)17(22(6)20-14)23-9-7-8-21(5)10-11-23/h7-13H2,1-6H3,(H,19,24). The molecule has 1 aliphatic rings. The van der Waals surface area contributed by atoms with Crippen LogP contribution in [0.4, 0.5) is 5.82 Å². The topological polar surface area (TPSA) is 53.4 Å². The summed E-state index contributed by atoms with van der Waals surface area (Å²) in [4.78, 5) is 17.0. The predicted molar refractivity (Wildman–Crippen MR) is 98.2 cm³/mol. The van der Waals surface area contributed by atoms with Crippen LogP contribution in [-0.4, -0.2) is 53.8 Å². The predicted octanol–water partition coefficient (Wildman–Crippen LogP) is 1.92. The first-order valence-electron chi connectivity index (χ1n) is 8.90. The molecule has 1 fully saturated rings. The second-order valence-electron chi connectivity index (χ2n) is 8.17. The molecule has 1 saturated heterocycles. The van der Waals surface area contributed by atoms with Crippen molar-refractivity contribution in [3.8, 4) is 0 Å². The number of nitrogens with one attached hydrogen (secondary N) is 1. The first kappa shape index (κ1) is 18.8. The van der Waals surface area contributed by atoms with Gasteiger partial charge in [-0.2, -0.15) is 5.10 Å². The van der Waals surface area contributed by atoms with Crippen molar-refractivity contribution in [3.05, 3.63) is 11.3 Å². The second-order valence-corrected chi connectivity index (χ2v) is 8.17. The van der Waals surface area contributed by atoms with Gasteiger partial charge in [0.25, 0.3) is 0 Å². The summed E-state index contributed by atoms with van der Waals surface area (Å²) in [5.41, 5.74) is 2.15. The summed E-state index contributed by atoms with van der Waals surface area (Å²) in [6.07, 6.45) is 1.69. The number of nitrogens with zero attached hydrogens (tertiary/aromatic N) is 4. The lowest BCUT2D eigenvalue weighted by Gasteiger charge is -2.24. The molecule has 0 bridgehead atoms. The fourth-order valence-electron chi connectivity index (χ4n) is 3.28. The zero-order valence-electron chi connectivity index (χ0n) is 16.1. The zero-order valence-corrected chi connectivity index (χ0v) is 16.1. The fraction of sp³-hybridized carbons (Fsp3) is 0.778. The molecule has 2 rings (SSSR count). The van der Waals surface area contributed by atoms with Crippen LogP contribution in [0.25, 0.3) is 0 Å². The van der Waals surface area contributed by atoms with Crippen molar-refractivity contribution < 1.29 is 4.79 Å². The SMILES string of the molecule is Cc1nn(C)c(N2CCCN(C)CC2)c1CNC(=O)CC(C)(C)C. The molecule has 0 unspecified atom stereocenters. The van der Waals surface area contributed by atoms with E-state index < -0.39 is 0 Å². The van der Waals surface area contributed by atoms with Crippen LogP contribution < -0.4 is 10.2 Å². The summed E-state index contributed by atoms with van der Waals surface area (Å²) in [5, 5.41) is 7.68. The lowest BCUT2D eigenvalue weighted by molar-refractivity contribution is -0.122. The molecule has 0 aromatic carbocycles. The molecule has 6 nitrogen and oxygen atoms in total. The molecular formula is C18H33N5O. The van der Waals surface area contributed by atoms with Gasteiger partial charge in [-0.3, -0.25) is 9.48 Å². The van der Waals surface area contributed by atoms with Gasteiger partial charge in [-0.1, -0.05) is 20.8 Å². The number of anilines is 1. The van der Waals surface area contributed by atoms with Gasteiger partial charge in [0.15, 0.2) is 0 Å². The summed E-state index contributed by atoms with van der Waals surface area (Å²) < 4.78 is 1.96. The largest absolute Gasteiger partial charge is 0.355 e. The Hall–Kier alpha value is -1.56. The third kappa shape index (κ3) is 4.97. The van der Waals surface area contributed by atoms with Crippen molar-refractivity contribution in [2.24, 2.45) is 12.5 Å². The van der Waals surface area contributed by atoms with Gasteiger partial charge < -0.3 is 15.1 Å². The number of likely N-dealkylation sites (N-methyl/N-ethyl adjacent to an activating group) is 1. The first-order chi connectivity index (χ1) is 11.2. The summed E-state index contributed by atoms with van der Waals surface area (Å²) in [5.74, 6) is 1.26. The van der Waals surface area contributed by atoms with E-state index in [-0.39, 0.29) is 11.3 Å². The molecule has 136 valence electrons. The van der Waals surface area contributed by atoms with Gasteiger partial charge >= 0.3 is 0 Å². The lowest BCUT2D eigenvalue weighted by atomic mass is 9.92. The Morgan fingerprint density at radius 2 is 1.88 bits per heavy atom. The van der Waals surface area contributed by atoms with Crippen LogP contribution in [0.2, 0.25) is 0 Å². The molecule has 0 spiro atoms. The average molecular weight is 335 g/mol. The average Bonchev–Trinajstić information content (AvgIpc) is 2.59. The Kier molecular flexibility index (Phi) is 5.91. The smallest absolute Gasteiger partial charge is 0.220 e. The van der Waals surface area contributed by atoms with E-state index in [1.54, 1.807) is 0 Å². The van der Waals surface area contributed by atoms with Gasteiger partial charge in [-0.05, 0) is 32.4 Å². The zero-order chi connectivity index (χ0) is 17.9. The molecule has 0 atom stereocenters. The van der Waals surface area contributed by atoms with Gasteiger partial charge in [0.2, 0.25) is 5.91 Å². The van der Waals surface area contributed by atoms with Gasteiger partial charge in [-0.25, -0.2) is 0 Å². The number of rotatable bonds is 4. The van der Waals surface area contributed by atoms with Gasteiger partial charge in [0.05, 0.1) is 5.69 Å². The molecule has 6 heteroatoms. The van der Waals surface area contributed by atoms with Crippen LogP contribution in [-0.2, 0) is 18.4 Å². The number of hydrogen-bond acceptors (Lipinski definition) is 4. The molecule has 0 saturated carbocycles. The maximum absolute atomic E-state index is 12.2. The molecule has 0 radical (unpaired) electrons. The van der Waals surface area contributed by atoms with Gasteiger partial charge in [0, 0.05) is 45.2 Å². The fourth-order valence-corrected chi connectivity index (χ4v) is 3.28. The minimum atomic E-state index is 0.00622. The Bertz CT molecular complexity index is 573. The summed E-state index contributed by atoms with van der Waals surface area (Å²) in [6.45, 7) is 13.0. The van der Waals surface area contributed by atoms with Crippen molar-refractivity contribution in [2.45, 2.75) is 47.1 Å². The Labute approximate surface area is 146 Å². The van der Waals surface area contributed by atoms with Crippen molar-refractivity contribution >= 4 is 11.7 Å². The van der Waals surface area contributed by atoms with E-state index >= 15 is 0 Å². The normalized spacial score (nSPS) is 17.0. The van der Waals surface area contributed by atoms with E-state index in [0.29, 0.717) is 13.0 Å². The highest BCUT2D eigenvalue weighted by Crippen LogP contribution is 2.25. The lowest BCUT2D eigenvalue weighted by Crippen LogP contribution is -2.32. The minimum absolute atomic E-state index is 0.00622.